The summed E-state index contributed by atoms with van der Waals surface area (Å²) >= 11 is 0. The number of esters is 1. The lowest BCUT2D eigenvalue weighted by Gasteiger charge is -2.16. The van der Waals surface area contributed by atoms with Gasteiger partial charge in [0, 0.05) is 12.6 Å². The molecule has 0 spiro atoms. The second kappa shape index (κ2) is 8.83. The van der Waals surface area contributed by atoms with Crippen molar-refractivity contribution >= 4 is 27.5 Å². The van der Waals surface area contributed by atoms with Crippen LogP contribution in [-0.4, -0.2) is 46.2 Å². The molecule has 0 bridgehead atoms. The van der Waals surface area contributed by atoms with Gasteiger partial charge in [0.25, 0.3) is 0 Å². The highest BCUT2D eigenvalue weighted by atomic mass is 32.2. The number of carbonyl (C=O) groups excluding carboxylic acids is 2. The van der Waals surface area contributed by atoms with E-state index in [1.54, 1.807) is 0 Å². The molecule has 0 amide bonds. The van der Waals surface area contributed by atoms with Gasteiger partial charge in [-0.2, -0.15) is 0 Å². The molecular formula is C19H20FNO6S. The van der Waals surface area contributed by atoms with E-state index >= 15 is 0 Å². The molecule has 0 saturated carbocycles. The topological polar surface area (TPSA) is 90.0 Å². The maximum Gasteiger partial charge on any atom is 0.347 e. The van der Waals surface area contributed by atoms with Crippen LogP contribution in [0.1, 0.15) is 17.3 Å². The molecule has 9 heteroatoms. The Morgan fingerprint density at radius 1 is 1.07 bits per heavy atom. The molecule has 0 radical (unpaired) electrons. The zero-order chi connectivity index (χ0) is 20.9. The van der Waals surface area contributed by atoms with Crippen molar-refractivity contribution in [2.24, 2.45) is 0 Å². The summed E-state index contributed by atoms with van der Waals surface area (Å²) in [5.74, 6) is -1.33. The first-order valence-electron chi connectivity index (χ1n) is 8.24. The van der Waals surface area contributed by atoms with Gasteiger partial charge in [-0.05, 0) is 55.5 Å². The molecule has 2 rings (SSSR count). The van der Waals surface area contributed by atoms with Crippen LogP contribution in [0, 0.1) is 5.82 Å². The Labute approximate surface area is 162 Å². The molecule has 0 fully saturated rings. The Morgan fingerprint density at radius 3 is 2.18 bits per heavy atom. The van der Waals surface area contributed by atoms with Crippen LogP contribution in [-0.2, 0) is 19.6 Å². The van der Waals surface area contributed by atoms with Crippen LogP contribution < -0.4 is 9.04 Å². The highest BCUT2D eigenvalue weighted by Crippen LogP contribution is 2.17. The Hall–Kier alpha value is -2.94. The summed E-state index contributed by atoms with van der Waals surface area (Å²) in [6.07, 6.45) is 0.0878. The number of hydrogen-bond donors (Lipinski definition) is 0. The van der Waals surface area contributed by atoms with Crippen LogP contribution in [0.25, 0.3) is 0 Å². The standard InChI is InChI=1S/C19H20FNO6S/c1-13(27-17-10-6-15(20)7-11-17)19(23)26-12-18(22)14-4-8-16(9-5-14)21(2)28(3,24)25/h4-11,13H,12H2,1-3H3/t13-/m0/s1. The lowest BCUT2D eigenvalue weighted by atomic mass is 10.1. The van der Waals surface area contributed by atoms with Crippen LogP contribution in [0.5, 0.6) is 5.75 Å². The molecule has 0 unspecified atom stereocenters. The fourth-order valence-electron chi connectivity index (χ4n) is 2.15. The molecule has 7 nitrogen and oxygen atoms in total. The number of benzene rings is 2. The van der Waals surface area contributed by atoms with Gasteiger partial charge in [0.2, 0.25) is 10.0 Å². The van der Waals surface area contributed by atoms with Gasteiger partial charge < -0.3 is 9.47 Å². The van der Waals surface area contributed by atoms with Gasteiger partial charge in [-0.1, -0.05) is 0 Å². The molecule has 28 heavy (non-hydrogen) atoms. The molecule has 0 aliphatic rings. The maximum absolute atomic E-state index is 12.9. The van der Waals surface area contributed by atoms with Crippen LogP contribution in [0.4, 0.5) is 10.1 Å². The van der Waals surface area contributed by atoms with E-state index < -0.39 is 40.3 Å². The highest BCUT2D eigenvalue weighted by molar-refractivity contribution is 7.92. The van der Waals surface area contributed by atoms with Gasteiger partial charge in [-0.25, -0.2) is 17.6 Å². The fourth-order valence-corrected chi connectivity index (χ4v) is 2.66. The van der Waals surface area contributed by atoms with Gasteiger partial charge in [-0.3, -0.25) is 9.10 Å². The van der Waals surface area contributed by atoms with Crippen molar-refractivity contribution in [3.8, 4) is 5.75 Å². The van der Waals surface area contributed by atoms with E-state index in [2.05, 4.69) is 0 Å². The average molecular weight is 409 g/mol. The Balaban J connectivity index is 1.90. The van der Waals surface area contributed by atoms with E-state index in [1.165, 1.54) is 62.5 Å². The van der Waals surface area contributed by atoms with Gasteiger partial charge >= 0.3 is 5.97 Å². The minimum absolute atomic E-state index is 0.269. The second-order valence-corrected chi connectivity index (χ2v) is 8.04. The van der Waals surface area contributed by atoms with Crippen molar-refractivity contribution in [2.75, 3.05) is 24.2 Å². The number of ether oxygens (including phenoxy) is 2. The van der Waals surface area contributed by atoms with Gasteiger partial charge in [0.1, 0.15) is 11.6 Å². The summed E-state index contributed by atoms with van der Waals surface area (Å²) in [5.41, 5.74) is 0.669. The van der Waals surface area contributed by atoms with Crippen molar-refractivity contribution in [3.05, 3.63) is 59.9 Å². The van der Waals surface area contributed by atoms with E-state index in [1.807, 2.05) is 0 Å². The number of hydrogen-bond acceptors (Lipinski definition) is 6. The smallest absolute Gasteiger partial charge is 0.347 e. The summed E-state index contributed by atoms with van der Waals surface area (Å²) in [4.78, 5) is 24.1. The van der Waals surface area contributed by atoms with Crippen molar-refractivity contribution in [2.45, 2.75) is 13.0 Å². The molecule has 0 aliphatic heterocycles. The fraction of sp³-hybridized carbons (Fsp3) is 0.263. The number of carbonyl (C=O) groups is 2. The third kappa shape index (κ3) is 5.78. The van der Waals surface area contributed by atoms with Gasteiger partial charge in [-0.15, -0.1) is 0 Å². The van der Waals surface area contributed by atoms with Gasteiger partial charge in [0.05, 0.1) is 11.9 Å². The number of ketones is 1. The lowest BCUT2D eigenvalue weighted by molar-refractivity contribution is -0.149. The first-order chi connectivity index (χ1) is 13.1. The predicted molar refractivity (Wildman–Crippen MR) is 101 cm³/mol. The lowest BCUT2D eigenvalue weighted by Crippen LogP contribution is -2.28. The SMILES string of the molecule is C[C@H](Oc1ccc(F)cc1)C(=O)OCC(=O)c1ccc(N(C)S(C)(=O)=O)cc1. The molecule has 0 heterocycles. The Bertz CT molecular complexity index is 941. The van der Waals surface area contributed by atoms with E-state index in [-0.39, 0.29) is 5.56 Å². The Morgan fingerprint density at radius 2 is 1.64 bits per heavy atom. The summed E-state index contributed by atoms with van der Waals surface area (Å²) in [7, 11) is -2.00. The van der Waals surface area contributed by atoms with Crippen molar-refractivity contribution < 1.29 is 31.9 Å². The average Bonchev–Trinajstić information content (AvgIpc) is 2.66. The maximum atomic E-state index is 12.9. The summed E-state index contributed by atoms with van der Waals surface area (Å²) in [6, 6.07) is 11.0. The molecular weight excluding hydrogens is 389 g/mol. The minimum atomic E-state index is -3.40. The Kier molecular flexibility index (Phi) is 6.74. The predicted octanol–water partition coefficient (Wildman–Crippen LogP) is 2.41. The minimum Gasteiger partial charge on any atom is -0.479 e. The van der Waals surface area contributed by atoms with Crippen LogP contribution in [0.15, 0.2) is 48.5 Å². The van der Waals surface area contributed by atoms with E-state index in [0.29, 0.717) is 11.4 Å². The third-order valence-electron chi connectivity index (χ3n) is 3.85. The van der Waals surface area contributed by atoms with E-state index in [9.17, 15) is 22.4 Å². The largest absolute Gasteiger partial charge is 0.479 e. The zero-order valence-corrected chi connectivity index (χ0v) is 16.4. The normalized spacial score (nSPS) is 12.1. The van der Waals surface area contributed by atoms with E-state index in [4.69, 9.17) is 9.47 Å². The molecule has 0 aliphatic carbocycles. The third-order valence-corrected chi connectivity index (χ3v) is 5.06. The van der Waals surface area contributed by atoms with Gasteiger partial charge in [0.15, 0.2) is 18.5 Å². The van der Waals surface area contributed by atoms with Crippen LogP contribution in [0.3, 0.4) is 0 Å². The molecule has 0 aromatic heterocycles. The monoisotopic (exact) mass is 409 g/mol. The first kappa shape index (κ1) is 21.4. The first-order valence-corrected chi connectivity index (χ1v) is 10.1. The molecule has 2 aromatic rings. The summed E-state index contributed by atoms with van der Waals surface area (Å²) < 4.78 is 47.2. The number of sulfonamides is 1. The van der Waals surface area contributed by atoms with Crippen LogP contribution in [0.2, 0.25) is 0 Å². The molecule has 0 N–H and O–H groups in total. The second-order valence-electron chi connectivity index (χ2n) is 6.02. The number of rotatable bonds is 8. The quantitative estimate of drug-likeness (QED) is 0.491. The molecule has 0 saturated heterocycles. The van der Waals surface area contributed by atoms with Crippen molar-refractivity contribution in [1.82, 2.24) is 0 Å². The molecule has 1 atom stereocenters. The van der Waals surface area contributed by atoms with Crippen molar-refractivity contribution in [3.63, 3.8) is 0 Å². The molecule has 2 aromatic carbocycles. The van der Waals surface area contributed by atoms with Crippen LogP contribution >= 0.6 is 0 Å². The number of Topliss-reactive ketones (excluding diaryl/α,β-unsaturated/α-hetero) is 1. The zero-order valence-electron chi connectivity index (χ0n) is 15.6. The number of anilines is 1. The summed E-state index contributed by atoms with van der Waals surface area (Å²) in [5, 5.41) is 0. The molecule has 150 valence electrons. The van der Waals surface area contributed by atoms with E-state index in [0.717, 1.165) is 10.6 Å². The number of nitrogens with zero attached hydrogens (tertiary/aromatic N) is 1. The number of halogens is 1. The highest BCUT2D eigenvalue weighted by Gasteiger charge is 2.19. The summed E-state index contributed by atoms with van der Waals surface area (Å²) in [6.45, 7) is 0.962. The van der Waals surface area contributed by atoms with Crippen molar-refractivity contribution in [1.29, 1.82) is 0 Å².